The minimum atomic E-state index is -4.09. The maximum atomic E-state index is 13.3. The van der Waals surface area contributed by atoms with E-state index in [2.05, 4.69) is 4.98 Å². The number of benzene rings is 1. The van der Waals surface area contributed by atoms with Crippen LogP contribution < -0.4 is 15.9 Å². The second-order valence-corrected chi connectivity index (χ2v) is 9.01. The fourth-order valence-corrected chi connectivity index (χ4v) is 4.84. The van der Waals surface area contributed by atoms with E-state index in [1.807, 2.05) is 19.9 Å². The molecule has 2 N–H and O–H groups in total. The highest BCUT2D eigenvalue weighted by Crippen LogP contribution is 2.26. The molecule has 0 radical (unpaired) electrons. The van der Waals surface area contributed by atoms with Gasteiger partial charge in [-0.3, -0.25) is 9.20 Å². The van der Waals surface area contributed by atoms with Gasteiger partial charge in [-0.2, -0.15) is 0 Å². The van der Waals surface area contributed by atoms with Crippen molar-refractivity contribution in [1.82, 2.24) is 9.38 Å². The lowest BCUT2D eigenvalue weighted by atomic mass is 10.2. The number of aromatic nitrogens is 3. The van der Waals surface area contributed by atoms with Crippen LogP contribution in [0.25, 0.3) is 16.7 Å². The van der Waals surface area contributed by atoms with Gasteiger partial charge in [0.1, 0.15) is 16.1 Å². The van der Waals surface area contributed by atoms with Gasteiger partial charge in [0.15, 0.2) is 0 Å². The largest absolute Gasteiger partial charge is 0.317 e. The van der Waals surface area contributed by atoms with Gasteiger partial charge in [0, 0.05) is 6.20 Å². The SMILES string of the molecule is CCC[n+]1c(N)c(S(=O)(=O)c2ccc(F)cc2)cc2c(=O)n3cc(C)ccc3nc21. The summed E-state index contributed by atoms with van der Waals surface area (Å²) in [5.41, 5.74) is 7.50. The molecule has 4 rings (SSSR count). The lowest BCUT2D eigenvalue weighted by molar-refractivity contribution is -0.660. The monoisotopic (exact) mass is 427 g/mol. The number of rotatable bonds is 4. The Morgan fingerprint density at radius 2 is 1.87 bits per heavy atom. The number of nitrogens with two attached hydrogens (primary N) is 1. The zero-order valence-corrected chi connectivity index (χ0v) is 17.3. The molecule has 9 heteroatoms. The van der Waals surface area contributed by atoms with Crippen molar-refractivity contribution in [3.8, 4) is 0 Å². The van der Waals surface area contributed by atoms with Crippen LogP contribution in [0, 0.1) is 12.7 Å². The number of fused-ring (bicyclic) bond motifs is 2. The topological polar surface area (TPSA) is 98.4 Å². The van der Waals surface area contributed by atoms with Gasteiger partial charge in [0.2, 0.25) is 21.3 Å². The first-order valence-electron chi connectivity index (χ1n) is 9.39. The Hall–Kier alpha value is -3.33. The van der Waals surface area contributed by atoms with E-state index in [9.17, 15) is 17.6 Å². The molecule has 30 heavy (non-hydrogen) atoms. The first kappa shape index (κ1) is 20.0. The van der Waals surface area contributed by atoms with Gasteiger partial charge in [-0.05, 0) is 55.3 Å². The number of sulfone groups is 1. The number of anilines is 1. The highest BCUT2D eigenvalue weighted by molar-refractivity contribution is 7.91. The van der Waals surface area contributed by atoms with Crippen LogP contribution in [0.1, 0.15) is 18.9 Å². The molecule has 1 aromatic carbocycles. The highest BCUT2D eigenvalue weighted by atomic mass is 32.2. The predicted molar refractivity (Wildman–Crippen MR) is 110 cm³/mol. The quantitative estimate of drug-likeness (QED) is 0.306. The van der Waals surface area contributed by atoms with Crippen molar-refractivity contribution in [1.29, 1.82) is 0 Å². The molecule has 0 spiro atoms. The van der Waals surface area contributed by atoms with E-state index in [1.165, 1.54) is 22.6 Å². The molecular weight excluding hydrogens is 407 g/mol. The summed E-state index contributed by atoms with van der Waals surface area (Å²) < 4.78 is 42.7. The summed E-state index contributed by atoms with van der Waals surface area (Å²) >= 11 is 0. The molecule has 3 heterocycles. The second kappa shape index (κ2) is 7.17. The van der Waals surface area contributed by atoms with Crippen LogP contribution in [0.2, 0.25) is 0 Å². The van der Waals surface area contributed by atoms with E-state index in [-0.39, 0.29) is 26.6 Å². The molecule has 4 aromatic rings. The number of hydrogen-bond donors (Lipinski definition) is 1. The number of hydrogen-bond acceptors (Lipinski definition) is 5. The molecule has 7 nitrogen and oxygen atoms in total. The molecule has 0 unspecified atom stereocenters. The lowest BCUT2D eigenvalue weighted by Gasteiger charge is -2.12. The van der Waals surface area contributed by atoms with Gasteiger partial charge in [0.25, 0.3) is 11.2 Å². The van der Waals surface area contributed by atoms with E-state index in [0.29, 0.717) is 24.3 Å². The number of nitrogen functional groups attached to an aromatic ring is 1. The molecule has 0 saturated carbocycles. The molecule has 0 aliphatic rings. The van der Waals surface area contributed by atoms with Crippen molar-refractivity contribution < 1.29 is 17.4 Å². The van der Waals surface area contributed by atoms with E-state index in [4.69, 9.17) is 5.73 Å². The summed E-state index contributed by atoms with van der Waals surface area (Å²) in [6.45, 7) is 4.14. The van der Waals surface area contributed by atoms with Crippen LogP contribution in [0.3, 0.4) is 0 Å². The number of halogens is 1. The minimum Gasteiger partial charge on any atom is -0.317 e. The van der Waals surface area contributed by atoms with Crippen molar-refractivity contribution in [2.45, 2.75) is 36.6 Å². The minimum absolute atomic E-state index is 0.0166. The third kappa shape index (κ3) is 3.11. The highest BCUT2D eigenvalue weighted by Gasteiger charge is 2.29. The molecule has 0 atom stereocenters. The van der Waals surface area contributed by atoms with Gasteiger partial charge in [-0.25, -0.2) is 17.4 Å². The summed E-state index contributed by atoms with van der Waals surface area (Å²) in [6.07, 6.45) is 2.30. The van der Waals surface area contributed by atoms with Gasteiger partial charge in [-0.1, -0.05) is 18.0 Å². The van der Waals surface area contributed by atoms with Gasteiger partial charge in [0.05, 0.1) is 11.4 Å². The molecule has 0 fully saturated rings. The van der Waals surface area contributed by atoms with Crippen LogP contribution in [-0.4, -0.2) is 17.8 Å². The van der Waals surface area contributed by atoms with E-state index < -0.39 is 15.7 Å². The van der Waals surface area contributed by atoms with Crippen LogP contribution >= 0.6 is 0 Å². The van der Waals surface area contributed by atoms with Crippen LogP contribution in [-0.2, 0) is 16.4 Å². The first-order valence-corrected chi connectivity index (χ1v) is 10.9. The zero-order valence-electron chi connectivity index (χ0n) is 16.5. The van der Waals surface area contributed by atoms with Gasteiger partial charge >= 0.3 is 0 Å². The van der Waals surface area contributed by atoms with Crippen molar-refractivity contribution in [2.24, 2.45) is 0 Å². The molecule has 0 aliphatic carbocycles. The molecule has 154 valence electrons. The third-order valence-electron chi connectivity index (χ3n) is 4.92. The summed E-state index contributed by atoms with van der Waals surface area (Å²) in [4.78, 5) is 17.4. The number of nitrogens with zero attached hydrogens (tertiary/aromatic N) is 3. The molecule has 0 aliphatic heterocycles. The van der Waals surface area contributed by atoms with E-state index >= 15 is 0 Å². The fraction of sp³-hybridized carbons (Fsp3) is 0.190. The lowest BCUT2D eigenvalue weighted by Crippen LogP contribution is -2.41. The summed E-state index contributed by atoms with van der Waals surface area (Å²) in [7, 11) is -4.09. The van der Waals surface area contributed by atoms with Gasteiger partial charge in [-0.15, -0.1) is 0 Å². The Balaban J connectivity index is 2.12. The molecular formula is C21H20FN4O3S+. The number of aryl methyl sites for hydroxylation is 2. The number of pyridine rings is 2. The average Bonchev–Trinajstić information content (AvgIpc) is 2.71. The predicted octanol–water partition coefficient (Wildman–Crippen LogP) is 2.41. The third-order valence-corrected chi connectivity index (χ3v) is 6.72. The van der Waals surface area contributed by atoms with Crippen LogP contribution in [0.15, 0.2) is 63.2 Å². The summed E-state index contributed by atoms with van der Waals surface area (Å²) in [5.74, 6) is -0.567. The van der Waals surface area contributed by atoms with Crippen molar-refractivity contribution in [3.05, 3.63) is 70.4 Å². The van der Waals surface area contributed by atoms with Crippen molar-refractivity contribution >= 4 is 32.3 Å². The Morgan fingerprint density at radius 1 is 1.17 bits per heavy atom. The van der Waals surface area contributed by atoms with E-state index in [0.717, 1.165) is 17.7 Å². The van der Waals surface area contributed by atoms with Gasteiger partial charge < -0.3 is 5.73 Å². The second-order valence-electron chi connectivity index (χ2n) is 7.09. The van der Waals surface area contributed by atoms with Crippen LogP contribution in [0.4, 0.5) is 10.2 Å². The van der Waals surface area contributed by atoms with E-state index in [1.54, 1.807) is 16.8 Å². The Bertz CT molecular complexity index is 1460. The first-order chi connectivity index (χ1) is 14.2. The smallest absolute Gasteiger partial charge is 0.278 e. The molecule has 0 saturated heterocycles. The fourth-order valence-electron chi connectivity index (χ4n) is 3.44. The summed E-state index contributed by atoms with van der Waals surface area (Å²) in [5, 5.41) is 0.140. The zero-order chi connectivity index (χ0) is 21.6. The maximum Gasteiger partial charge on any atom is 0.278 e. The molecule has 0 bridgehead atoms. The van der Waals surface area contributed by atoms with Crippen molar-refractivity contribution in [3.63, 3.8) is 0 Å². The normalized spacial score (nSPS) is 12.0. The molecule has 0 amide bonds. The maximum absolute atomic E-state index is 13.3. The average molecular weight is 427 g/mol. The van der Waals surface area contributed by atoms with Crippen molar-refractivity contribution in [2.75, 3.05) is 5.73 Å². The summed E-state index contributed by atoms with van der Waals surface area (Å²) in [6, 6.07) is 9.31. The molecule has 3 aromatic heterocycles. The Labute approximate surface area is 172 Å². The van der Waals surface area contributed by atoms with Crippen LogP contribution in [0.5, 0.6) is 0 Å². The Kier molecular flexibility index (Phi) is 4.77. The Morgan fingerprint density at radius 3 is 2.53 bits per heavy atom. The standard InChI is InChI=1S/C21H19FN4O3S/c1-3-10-25-19(23)17(30(28,29)15-7-5-14(22)6-8-15)11-16-20(25)24-18-9-4-13(2)12-26(18)21(16)27/h4-9,11-12,23H,3,10H2,1-2H3/p+1.